The summed E-state index contributed by atoms with van der Waals surface area (Å²) >= 11 is 0. The number of primary amides is 1. The molecule has 140 valence electrons. The number of aliphatic hydroxyl groups is 1. The van der Waals surface area contributed by atoms with Crippen LogP contribution in [0.2, 0.25) is 0 Å². The number of benzene rings is 1. The topological polar surface area (TPSA) is 140 Å². The van der Waals surface area contributed by atoms with E-state index in [0.717, 1.165) is 4.31 Å². The van der Waals surface area contributed by atoms with Gasteiger partial charge < -0.3 is 15.4 Å². The number of carbonyl (C=O) groups excluding carboxylic acids is 1. The first-order chi connectivity index (χ1) is 12.1. The highest BCUT2D eigenvalue weighted by Crippen LogP contribution is 2.34. The van der Waals surface area contributed by atoms with Crippen LogP contribution >= 0.6 is 0 Å². The summed E-state index contributed by atoms with van der Waals surface area (Å²) in [7, 11) is -3.84. The number of nitrogens with zero attached hydrogens (tertiary/aromatic N) is 3. The monoisotopic (exact) mass is 380 g/mol. The quantitative estimate of drug-likeness (QED) is 0.773. The molecule has 1 unspecified atom stereocenters. The minimum atomic E-state index is -3.84. The fourth-order valence-corrected chi connectivity index (χ4v) is 4.23. The number of rotatable bonds is 5. The maximum Gasteiger partial charge on any atom is 0.260 e. The highest BCUT2D eigenvalue weighted by molar-refractivity contribution is 7.89. The summed E-state index contributed by atoms with van der Waals surface area (Å²) in [6.07, 6.45) is 0.144. The van der Waals surface area contributed by atoms with Crippen LogP contribution in [0.3, 0.4) is 0 Å². The van der Waals surface area contributed by atoms with Gasteiger partial charge in [0.1, 0.15) is 0 Å². The van der Waals surface area contributed by atoms with Crippen LogP contribution in [0.15, 0.2) is 33.7 Å². The molecule has 10 heteroatoms. The lowest BCUT2D eigenvalue weighted by Crippen LogP contribution is -2.34. The molecule has 2 heterocycles. The van der Waals surface area contributed by atoms with Crippen molar-refractivity contribution in [2.45, 2.75) is 36.7 Å². The molecule has 26 heavy (non-hydrogen) atoms. The van der Waals surface area contributed by atoms with Gasteiger partial charge >= 0.3 is 0 Å². The van der Waals surface area contributed by atoms with Crippen LogP contribution in [0.4, 0.5) is 0 Å². The van der Waals surface area contributed by atoms with Gasteiger partial charge in [-0.2, -0.15) is 9.29 Å². The van der Waals surface area contributed by atoms with Gasteiger partial charge in [-0.3, -0.25) is 4.79 Å². The molecular weight excluding hydrogens is 360 g/mol. The van der Waals surface area contributed by atoms with Crippen LogP contribution in [-0.2, 0) is 15.6 Å². The molecule has 0 bridgehead atoms. The van der Waals surface area contributed by atoms with Crippen molar-refractivity contribution in [3.63, 3.8) is 0 Å². The molecule has 3 N–H and O–H groups in total. The Hall–Kier alpha value is -2.30. The normalized spacial score (nSPS) is 21.4. The third kappa shape index (κ3) is 3.22. The minimum Gasteiger partial charge on any atom is -0.379 e. The van der Waals surface area contributed by atoms with Crippen molar-refractivity contribution in [2.75, 3.05) is 13.1 Å². The number of carbonyl (C=O) groups is 1. The Morgan fingerprint density at radius 3 is 2.54 bits per heavy atom. The van der Waals surface area contributed by atoms with E-state index in [9.17, 15) is 18.3 Å². The Balaban J connectivity index is 1.83. The highest BCUT2D eigenvalue weighted by Gasteiger charge is 2.46. The van der Waals surface area contributed by atoms with Crippen LogP contribution in [-0.4, -0.2) is 47.0 Å². The van der Waals surface area contributed by atoms with Crippen LogP contribution in [0.25, 0.3) is 0 Å². The molecule has 1 aliphatic rings. The molecule has 1 aliphatic heterocycles. The minimum absolute atomic E-state index is 0.0140. The van der Waals surface area contributed by atoms with Crippen molar-refractivity contribution < 1.29 is 22.8 Å². The number of amides is 1. The van der Waals surface area contributed by atoms with Gasteiger partial charge in [0, 0.05) is 24.4 Å². The highest BCUT2D eigenvalue weighted by atomic mass is 32.2. The summed E-state index contributed by atoms with van der Waals surface area (Å²) in [6.45, 7) is 3.70. The van der Waals surface area contributed by atoms with Crippen molar-refractivity contribution in [3.05, 3.63) is 41.5 Å². The second-order valence-electron chi connectivity index (χ2n) is 6.62. The molecule has 0 saturated carbocycles. The van der Waals surface area contributed by atoms with Crippen molar-refractivity contribution in [1.29, 1.82) is 0 Å². The predicted molar refractivity (Wildman–Crippen MR) is 90.6 cm³/mol. The van der Waals surface area contributed by atoms with E-state index in [1.807, 2.05) is 13.8 Å². The van der Waals surface area contributed by atoms with E-state index >= 15 is 0 Å². The van der Waals surface area contributed by atoms with E-state index in [0.29, 0.717) is 5.82 Å². The predicted octanol–water partition coefficient (Wildman–Crippen LogP) is 0.574. The van der Waals surface area contributed by atoms with E-state index in [2.05, 4.69) is 10.1 Å². The zero-order valence-electron chi connectivity index (χ0n) is 14.4. The maximum atomic E-state index is 12.8. The van der Waals surface area contributed by atoms with E-state index in [4.69, 9.17) is 10.3 Å². The summed E-state index contributed by atoms with van der Waals surface area (Å²) in [5.41, 5.74) is 3.85. The second kappa shape index (κ2) is 6.45. The summed E-state index contributed by atoms with van der Waals surface area (Å²) in [5.74, 6) is -0.136. The number of nitrogens with two attached hydrogens (primary N) is 1. The molecule has 1 amide bonds. The standard InChI is InChI=1S/C16H20N4O5S/c1-10(2)14-18-15(25-19-14)16(22)7-8-20(9-16)26(23,24)12-5-3-11(4-6-12)13(17)21/h3-6,10,22H,7-9H2,1-2H3,(H2,17,21). The van der Waals surface area contributed by atoms with Gasteiger partial charge in [0.25, 0.3) is 5.89 Å². The number of sulfonamides is 1. The Labute approximate surface area is 150 Å². The zero-order valence-corrected chi connectivity index (χ0v) is 15.2. The molecule has 2 aromatic rings. The van der Waals surface area contributed by atoms with Gasteiger partial charge in [-0.1, -0.05) is 19.0 Å². The fourth-order valence-electron chi connectivity index (χ4n) is 2.74. The number of hydrogen-bond donors (Lipinski definition) is 2. The summed E-state index contributed by atoms with van der Waals surface area (Å²) < 4.78 is 31.9. The van der Waals surface area contributed by atoms with E-state index in [1.54, 1.807) is 0 Å². The van der Waals surface area contributed by atoms with Crippen LogP contribution < -0.4 is 5.73 Å². The van der Waals surface area contributed by atoms with Gasteiger partial charge in [0.05, 0.1) is 11.4 Å². The first-order valence-electron chi connectivity index (χ1n) is 8.10. The number of aromatic nitrogens is 2. The number of hydrogen-bond acceptors (Lipinski definition) is 7. The Morgan fingerprint density at radius 2 is 2.00 bits per heavy atom. The molecular formula is C16H20N4O5S. The zero-order chi connectivity index (χ0) is 19.1. The molecule has 3 rings (SSSR count). The molecule has 1 saturated heterocycles. The fraction of sp³-hybridized carbons (Fsp3) is 0.438. The second-order valence-corrected chi connectivity index (χ2v) is 8.56. The smallest absolute Gasteiger partial charge is 0.260 e. The summed E-state index contributed by atoms with van der Waals surface area (Å²) in [6, 6.07) is 5.33. The van der Waals surface area contributed by atoms with Gasteiger partial charge in [-0.15, -0.1) is 0 Å². The van der Waals surface area contributed by atoms with E-state index in [1.165, 1.54) is 24.3 Å². The Bertz CT molecular complexity index is 922. The van der Waals surface area contributed by atoms with Crippen LogP contribution in [0.5, 0.6) is 0 Å². The lowest BCUT2D eigenvalue weighted by molar-refractivity contribution is 0.0194. The largest absolute Gasteiger partial charge is 0.379 e. The third-order valence-corrected chi connectivity index (χ3v) is 6.20. The van der Waals surface area contributed by atoms with Crippen molar-refractivity contribution in [1.82, 2.24) is 14.4 Å². The Morgan fingerprint density at radius 1 is 1.35 bits per heavy atom. The average molecular weight is 380 g/mol. The lowest BCUT2D eigenvalue weighted by Gasteiger charge is -2.19. The molecule has 0 aliphatic carbocycles. The van der Waals surface area contributed by atoms with Gasteiger partial charge in [-0.25, -0.2) is 8.42 Å². The lowest BCUT2D eigenvalue weighted by atomic mass is 10.0. The molecule has 1 aromatic carbocycles. The number of β-amino-alcohol motifs (C(OH)–C–C–N with tert-alkyl or cyclic N) is 1. The molecule has 0 radical (unpaired) electrons. The maximum absolute atomic E-state index is 12.8. The SMILES string of the molecule is CC(C)c1noc(C2(O)CCN(S(=O)(=O)c3ccc(C(N)=O)cc3)C2)n1. The first kappa shape index (κ1) is 18.5. The van der Waals surface area contributed by atoms with Gasteiger partial charge in [-0.05, 0) is 24.3 Å². The summed E-state index contributed by atoms with van der Waals surface area (Å²) in [5, 5.41) is 14.6. The molecule has 1 atom stereocenters. The van der Waals surface area contributed by atoms with Crippen LogP contribution in [0.1, 0.15) is 48.3 Å². The molecule has 1 fully saturated rings. The van der Waals surface area contributed by atoms with Crippen molar-refractivity contribution in [2.24, 2.45) is 5.73 Å². The van der Waals surface area contributed by atoms with Crippen molar-refractivity contribution >= 4 is 15.9 Å². The van der Waals surface area contributed by atoms with E-state index in [-0.39, 0.29) is 41.8 Å². The third-order valence-electron chi connectivity index (χ3n) is 4.35. The van der Waals surface area contributed by atoms with Gasteiger partial charge in [0.2, 0.25) is 15.9 Å². The molecule has 9 nitrogen and oxygen atoms in total. The van der Waals surface area contributed by atoms with Crippen LogP contribution in [0, 0.1) is 0 Å². The summed E-state index contributed by atoms with van der Waals surface area (Å²) in [4.78, 5) is 15.3. The van der Waals surface area contributed by atoms with E-state index < -0.39 is 21.5 Å². The van der Waals surface area contributed by atoms with Gasteiger partial charge in [0.15, 0.2) is 11.4 Å². The molecule has 0 spiro atoms. The Kier molecular flexibility index (Phi) is 4.59. The molecule has 1 aromatic heterocycles. The average Bonchev–Trinajstić information content (AvgIpc) is 3.23. The van der Waals surface area contributed by atoms with Crippen molar-refractivity contribution in [3.8, 4) is 0 Å². The first-order valence-corrected chi connectivity index (χ1v) is 9.54.